The Labute approximate surface area is 131 Å². The highest BCUT2D eigenvalue weighted by Crippen LogP contribution is 2.34. The first-order valence-corrected chi connectivity index (χ1v) is 6.74. The molecule has 19 heavy (non-hydrogen) atoms. The molecule has 0 radical (unpaired) electrons. The van der Waals surface area contributed by atoms with E-state index < -0.39 is 0 Å². The third-order valence-corrected chi connectivity index (χ3v) is 3.31. The molecule has 0 aromatic heterocycles. The van der Waals surface area contributed by atoms with Crippen LogP contribution < -0.4 is 10.5 Å². The Bertz CT molecular complexity index is 646. The van der Waals surface area contributed by atoms with Gasteiger partial charge in [-0.3, -0.25) is 0 Å². The summed E-state index contributed by atoms with van der Waals surface area (Å²) in [4.78, 5) is 0.219. The van der Waals surface area contributed by atoms with Crippen LogP contribution >= 0.6 is 47.0 Å². The molecule has 2 aromatic carbocycles. The smallest absolute Gasteiger partial charge is 0.146 e. The zero-order valence-corrected chi connectivity index (χ0v) is 12.6. The molecular formula is C13H8Cl3NOS. The summed E-state index contributed by atoms with van der Waals surface area (Å²) in [5.41, 5.74) is 6.22. The molecule has 0 unspecified atom stereocenters. The molecule has 0 heterocycles. The fourth-order valence-electron chi connectivity index (χ4n) is 1.46. The van der Waals surface area contributed by atoms with Crippen molar-refractivity contribution in [3.63, 3.8) is 0 Å². The zero-order chi connectivity index (χ0) is 14.0. The zero-order valence-electron chi connectivity index (χ0n) is 9.49. The van der Waals surface area contributed by atoms with Crippen molar-refractivity contribution < 1.29 is 4.74 Å². The van der Waals surface area contributed by atoms with Gasteiger partial charge in [0.05, 0.1) is 10.6 Å². The van der Waals surface area contributed by atoms with Gasteiger partial charge in [0.25, 0.3) is 0 Å². The molecule has 0 fully saturated rings. The number of hydrogen-bond donors (Lipinski definition) is 1. The molecule has 0 aliphatic heterocycles. The minimum atomic E-state index is 0.219. The number of halogens is 3. The van der Waals surface area contributed by atoms with Crippen molar-refractivity contribution in [2.45, 2.75) is 0 Å². The van der Waals surface area contributed by atoms with Crippen LogP contribution in [0.1, 0.15) is 5.56 Å². The molecule has 0 saturated heterocycles. The van der Waals surface area contributed by atoms with E-state index in [0.717, 1.165) is 0 Å². The summed E-state index contributed by atoms with van der Waals surface area (Å²) >= 11 is 22.8. The van der Waals surface area contributed by atoms with Gasteiger partial charge >= 0.3 is 0 Å². The number of nitrogens with two attached hydrogens (primary N) is 1. The first-order valence-electron chi connectivity index (χ1n) is 5.19. The van der Waals surface area contributed by atoms with Crippen molar-refractivity contribution in [1.82, 2.24) is 0 Å². The SMILES string of the molecule is NC(=S)c1ccc(Cl)cc1Oc1ccc(Cl)cc1Cl. The van der Waals surface area contributed by atoms with Gasteiger partial charge in [-0.15, -0.1) is 0 Å². The van der Waals surface area contributed by atoms with Gasteiger partial charge in [0.1, 0.15) is 16.5 Å². The quantitative estimate of drug-likeness (QED) is 0.797. The first-order chi connectivity index (χ1) is 8.97. The number of hydrogen-bond acceptors (Lipinski definition) is 2. The van der Waals surface area contributed by atoms with Crippen LogP contribution in [0.4, 0.5) is 0 Å². The predicted molar refractivity (Wildman–Crippen MR) is 83.9 cm³/mol. The van der Waals surface area contributed by atoms with E-state index in [1.807, 2.05) is 0 Å². The number of thiocarbonyl (C=S) groups is 1. The van der Waals surface area contributed by atoms with Crippen LogP contribution in [0, 0.1) is 0 Å². The molecule has 2 nitrogen and oxygen atoms in total. The first kappa shape index (κ1) is 14.4. The Hall–Kier alpha value is -1.000. The van der Waals surface area contributed by atoms with Gasteiger partial charge in [0.2, 0.25) is 0 Å². The molecule has 0 spiro atoms. The van der Waals surface area contributed by atoms with Gasteiger partial charge < -0.3 is 10.5 Å². The van der Waals surface area contributed by atoms with E-state index in [1.165, 1.54) is 0 Å². The third kappa shape index (κ3) is 3.51. The standard InChI is InChI=1S/C13H8Cl3NOS/c14-7-2-4-11(10(16)5-7)18-12-6-8(15)1-3-9(12)13(17)19/h1-6H,(H2,17,19). The van der Waals surface area contributed by atoms with Crippen LogP contribution in [0.2, 0.25) is 15.1 Å². The number of rotatable bonds is 3. The monoisotopic (exact) mass is 331 g/mol. The maximum Gasteiger partial charge on any atom is 0.146 e. The van der Waals surface area contributed by atoms with E-state index in [1.54, 1.807) is 36.4 Å². The second-order valence-electron chi connectivity index (χ2n) is 3.68. The molecule has 0 atom stereocenters. The highest BCUT2D eigenvalue weighted by atomic mass is 35.5. The van der Waals surface area contributed by atoms with Crippen LogP contribution in [0.5, 0.6) is 11.5 Å². The predicted octanol–water partition coefficient (Wildman–Crippen LogP) is 5.07. The lowest BCUT2D eigenvalue weighted by atomic mass is 10.2. The molecule has 2 rings (SSSR count). The topological polar surface area (TPSA) is 35.2 Å². The van der Waals surface area contributed by atoms with Crippen molar-refractivity contribution >= 4 is 52.0 Å². The molecule has 0 aliphatic rings. The van der Waals surface area contributed by atoms with Crippen LogP contribution in [0.3, 0.4) is 0 Å². The lowest BCUT2D eigenvalue weighted by Crippen LogP contribution is -2.10. The van der Waals surface area contributed by atoms with Gasteiger partial charge in [0, 0.05) is 16.1 Å². The van der Waals surface area contributed by atoms with Gasteiger partial charge in [-0.25, -0.2) is 0 Å². The summed E-state index contributed by atoms with van der Waals surface area (Å²) in [5, 5.41) is 1.43. The highest BCUT2D eigenvalue weighted by Gasteiger charge is 2.10. The summed E-state index contributed by atoms with van der Waals surface area (Å²) in [6, 6.07) is 9.93. The maximum absolute atomic E-state index is 6.04. The van der Waals surface area contributed by atoms with E-state index in [2.05, 4.69) is 0 Å². The Balaban J connectivity index is 2.42. The average Bonchev–Trinajstić information content (AvgIpc) is 2.32. The maximum atomic E-state index is 6.04. The normalized spacial score (nSPS) is 10.3. The van der Waals surface area contributed by atoms with E-state index in [9.17, 15) is 0 Å². The molecule has 0 amide bonds. The molecule has 0 aliphatic carbocycles. The van der Waals surface area contributed by atoms with Crippen molar-refractivity contribution in [1.29, 1.82) is 0 Å². The Morgan fingerprint density at radius 2 is 1.58 bits per heavy atom. The highest BCUT2D eigenvalue weighted by molar-refractivity contribution is 7.80. The number of benzene rings is 2. The third-order valence-electron chi connectivity index (χ3n) is 2.32. The molecular weight excluding hydrogens is 325 g/mol. The average molecular weight is 333 g/mol. The van der Waals surface area contributed by atoms with Crippen LogP contribution in [-0.2, 0) is 0 Å². The molecule has 98 valence electrons. The van der Waals surface area contributed by atoms with Gasteiger partial charge in [-0.1, -0.05) is 47.0 Å². The van der Waals surface area contributed by atoms with E-state index in [0.29, 0.717) is 32.1 Å². The molecule has 2 aromatic rings. The Morgan fingerprint density at radius 3 is 2.21 bits per heavy atom. The van der Waals surface area contributed by atoms with Crippen molar-refractivity contribution in [2.75, 3.05) is 0 Å². The van der Waals surface area contributed by atoms with Gasteiger partial charge in [-0.05, 0) is 30.3 Å². The van der Waals surface area contributed by atoms with Crippen LogP contribution in [0.15, 0.2) is 36.4 Å². The summed E-state index contributed by atoms with van der Waals surface area (Å²) in [7, 11) is 0. The molecule has 6 heteroatoms. The molecule has 2 N–H and O–H groups in total. The van der Waals surface area contributed by atoms with Crippen LogP contribution in [0.25, 0.3) is 0 Å². The summed E-state index contributed by atoms with van der Waals surface area (Å²) in [6.45, 7) is 0. The molecule has 0 bridgehead atoms. The second kappa shape index (κ2) is 5.97. The summed E-state index contributed by atoms with van der Waals surface area (Å²) < 4.78 is 5.69. The largest absolute Gasteiger partial charge is 0.455 e. The van der Waals surface area contributed by atoms with Crippen molar-refractivity contribution in [3.8, 4) is 11.5 Å². The van der Waals surface area contributed by atoms with E-state index in [-0.39, 0.29) is 4.99 Å². The lowest BCUT2D eigenvalue weighted by Gasteiger charge is -2.12. The Kier molecular flexibility index (Phi) is 4.53. The second-order valence-corrected chi connectivity index (χ2v) is 5.40. The lowest BCUT2D eigenvalue weighted by molar-refractivity contribution is 0.482. The number of ether oxygens (including phenoxy) is 1. The Morgan fingerprint density at radius 1 is 0.947 bits per heavy atom. The van der Waals surface area contributed by atoms with E-state index >= 15 is 0 Å². The van der Waals surface area contributed by atoms with Gasteiger partial charge in [-0.2, -0.15) is 0 Å². The van der Waals surface area contributed by atoms with Crippen molar-refractivity contribution in [2.24, 2.45) is 5.73 Å². The van der Waals surface area contributed by atoms with E-state index in [4.69, 9.17) is 57.5 Å². The fraction of sp³-hybridized carbons (Fsp3) is 0. The van der Waals surface area contributed by atoms with Crippen LogP contribution in [-0.4, -0.2) is 4.99 Å². The van der Waals surface area contributed by atoms with Gasteiger partial charge in [0.15, 0.2) is 0 Å². The summed E-state index contributed by atoms with van der Waals surface area (Å²) in [6.07, 6.45) is 0. The summed E-state index contributed by atoms with van der Waals surface area (Å²) in [5.74, 6) is 0.898. The molecule has 0 saturated carbocycles. The van der Waals surface area contributed by atoms with Crippen molar-refractivity contribution in [3.05, 3.63) is 57.0 Å². The fourth-order valence-corrected chi connectivity index (χ4v) is 2.24. The minimum Gasteiger partial charge on any atom is -0.455 e. The minimum absolute atomic E-state index is 0.219.